The van der Waals surface area contributed by atoms with E-state index in [4.69, 9.17) is 0 Å². The molecule has 0 fully saturated rings. The van der Waals surface area contributed by atoms with Crippen LogP contribution in [-0.2, 0) is 0 Å². The molecule has 0 heterocycles. The van der Waals surface area contributed by atoms with E-state index in [-0.39, 0.29) is 11.1 Å². The first-order chi connectivity index (χ1) is 13.2. The molecule has 0 aliphatic carbocycles. The molecule has 2 aromatic rings. The second-order valence-electron chi connectivity index (χ2n) is 5.00. The van der Waals surface area contributed by atoms with Gasteiger partial charge < -0.3 is 0 Å². The summed E-state index contributed by atoms with van der Waals surface area (Å²) in [5, 5.41) is 50.4. The van der Waals surface area contributed by atoms with E-state index in [1.165, 1.54) is 0 Å². The summed E-state index contributed by atoms with van der Waals surface area (Å²) in [7, 11) is 0. The molecule has 0 N–H and O–H groups in total. The predicted octanol–water partition coefficient (Wildman–Crippen LogP) is 2.77. The van der Waals surface area contributed by atoms with Gasteiger partial charge in [-0.15, -0.1) is 0 Å². The zero-order valence-electron chi connectivity index (χ0n) is 13.6. The lowest BCUT2D eigenvalue weighted by Gasteiger charge is -1.97. The monoisotopic (exact) mass is 388 g/mol. The molecule has 28 heavy (non-hydrogen) atoms. The van der Waals surface area contributed by atoms with Crippen molar-refractivity contribution in [1.82, 2.24) is 0 Å². The predicted molar refractivity (Wildman–Crippen MR) is 94.7 cm³/mol. The van der Waals surface area contributed by atoms with Crippen LogP contribution < -0.4 is 0 Å². The van der Waals surface area contributed by atoms with Gasteiger partial charge in [0.05, 0.1) is 55.4 Å². The number of hydrogen-bond acceptors (Lipinski definition) is 10. The fraction of sp³-hybridized carbons (Fsp3) is 0. The Morgan fingerprint density at radius 2 is 0.964 bits per heavy atom. The Balaban J connectivity index is 2.31. The highest BCUT2D eigenvalue weighted by atomic mass is 16.6. The zero-order chi connectivity index (χ0) is 20.8. The molecular weight excluding hydrogens is 380 g/mol. The minimum Gasteiger partial charge on any atom is -0.258 e. The third-order valence-electron chi connectivity index (χ3n) is 3.30. The summed E-state index contributed by atoms with van der Waals surface area (Å²) in [5.74, 6) is 0. The van der Waals surface area contributed by atoms with Crippen LogP contribution in [0.3, 0.4) is 0 Å². The lowest BCUT2D eigenvalue weighted by molar-refractivity contribution is -0.394. The van der Waals surface area contributed by atoms with Gasteiger partial charge in [0, 0.05) is 12.1 Å². The summed E-state index contributed by atoms with van der Waals surface area (Å²) < 4.78 is 0. The minimum atomic E-state index is -0.834. The summed E-state index contributed by atoms with van der Waals surface area (Å²) in [5.41, 5.74) is -2.26. The highest BCUT2D eigenvalue weighted by Gasteiger charge is 2.19. The van der Waals surface area contributed by atoms with Gasteiger partial charge in [0.1, 0.15) is 0 Å². The van der Waals surface area contributed by atoms with E-state index in [0.29, 0.717) is 0 Å². The van der Waals surface area contributed by atoms with Gasteiger partial charge in [0.15, 0.2) is 0 Å². The van der Waals surface area contributed by atoms with Crippen molar-refractivity contribution in [2.24, 2.45) is 10.2 Å². The van der Waals surface area contributed by atoms with Crippen LogP contribution in [0.15, 0.2) is 46.6 Å². The quantitative estimate of drug-likeness (QED) is 0.391. The minimum absolute atomic E-state index is 0.0778. The molecule has 0 atom stereocenters. The second kappa shape index (κ2) is 8.17. The van der Waals surface area contributed by atoms with Gasteiger partial charge in [0.2, 0.25) is 0 Å². The molecule has 0 aliphatic rings. The largest absolute Gasteiger partial charge is 0.285 e. The summed E-state index contributed by atoms with van der Waals surface area (Å²) in [6.07, 6.45) is 1.88. The lowest BCUT2D eigenvalue weighted by Crippen LogP contribution is -1.97. The first-order valence-electron chi connectivity index (χ1n) is 7.12. The zero-order valence-corrected chi connectivity index (χ0v) is 13.6. The summed E-state index contributed by atoms with van der Waals surface area (Å²) >= 11 is 0. The van der Waals surface area contributed by atoms with Crippen molar-refractivity contribution < 1.29 is 19.7 Å². The van der Waals surface area contributed by atoms with Crippen molar-refractivity contribution in [3.8, 4) is 0 Å². The Kier molecular flexibility index (Phi) is 5.75. The molecular formula is C14H8N6O8. The Morgan fingerprint density at radius 3 is 1.25 bits per heavy atom. The van der Waals surface area contributed by atoms with Crippen molar-refractivity contribution in [2.45, 2.75) is 0 Å². The topological polar surface area (TPSA) is 197 Å². The fourth-order valence-corrected chi connectivity index (χ4v) is 2.02. The van der Waals surface area contributed by atoms with Gasteiger partial charge >= 0.3 is 0 Å². The maximum absolute atomic E-state index is 11.0. The maximum Gasteiger partial charge on any atom is 0.285 e. The molecule has 0 saturated heterocycles. The summed E-state index contributed by atoms with van der Waals surface area (Å²) in [4.78, 5) is 40.1. The van der Waals surface area contributed by atoms with Gasteiger partial charge in [-0.1, -0.05) is 0 Å². The van der Waals surface area contributed by atoms with Crippen LogP contribution in [-0.4, -0.2) is 32.1 Å². The van der Waals surface area contributed by atoms with Crippen LogP contribution in [0.2, 0.25) is 0 Å². The van der Waals surface area contributed by atoms with Crippen LogP contribution in [0, 0.1) is 40.5 Å². The number of hydrogen-bond donors (Lipinski definition) is 0. The van der Waals surface area contributed by atoms with Crippen molar-refractivity contribution in [3.05, 3.63) is 88.0 Å². The number of nitro groups is 4. The molecule has 2 aromatic carbocycles. The molecule has 0 bridgehead atoms. The van der Waals surface area contributed by atoms with Crippen molar-refractivity contribution >= 4 is 35.2 Å². The number of nitro benzene ring substituents is 4. The Bertz CT molecular complexity index is 965. The van der Waals surface area contributed by atoms with Crippen molar-refractivity contribution in [2.75, 3.05) is 0 Å². The molecule has 2 rings (SSSR count). The van der Waals surface area contributed by atoms with E-state index in [9.17, 15) is 40.5 Å². The standard InChI is InChI=1S/C14H8N6O8/c21-17(22)11-3-1-9(13(5-11)19(25)26)7-15-16-8-10-2-4-12(18(23)24)6-14(10)20(27)28/h1-8H/b15-7+,16-8+. The van der Waals surface area contributed by atoms with Gasteiger partial charge in [0.25, 0.3) is 22.7 Å². The van der Waals surface area contributed by atoms with Crippen molar-refractivity contribution in [3.63, 3.8) is 0 Å². The molecule has 0 radical (unpaired) electrons. The molecule has 0 saturated carbocycles. The smallest absolute Gasteiger partial charge is 0.258 e. The van der Waals surface area contributed by atoms with E-state index in [2.05, 4.69) is 10.2 Å². The van der Waals surface area contributed by atoms with E-state index < -0.39 is 42.4 Å². The van der Waals surface area contributed by atoms with Gasteiger partial charge in [-0.2, -0.15) is 10.2 Å². The Labute approximate surface area is 154 Å². The molecule has 0 aliphatic heterocycles. The SMILES string of the molecule is O=[N+]([O-])c1ccc(/C=N/N=C/c2ccc([N+](=O)[O-])cc2[N+](=O)[O-])c([N+](=O)[O-])c1. The normalized spacial score (nSPS) is 11.0. The van der Waals surface area contributed by atoms with E-state index >= 15 is 0 Å². The van der Waals surface area contributed by atoms with Crippen LogP contribution in [0.4, 0.5) is 22.7 Å². The molecule has 142 valence electrons. The van der Waals surface area contributed by atoms with E-state index in [0.717, 1.165) is 48.8 Å². The molecule has 0 amide bonds. The average Bonchev–Trinajstić information content (AvgIpc) is 2.64. The second-order valence-corrected chi connectivity index (χ2v) is 5.00. The third kappa shape index (κ3) is 4.51. The van der Waals surface area contributed by atoms with E-state index in [1.54, 1.807) is 0 Å². The van der Waals surface area contributed by atoms with Gasteiger partial charge in [-0.05, 0) is 12.1 Å². The van der Waals surface area contributed by atoms with Crippen LogP contribution in [0.5, 0.6) is 0 Å². The number of non-ortho nitro benzene ring substituents is 2. The number of nitrogens with zero attached hydrogens (tertiary/aromatic N) is 6. The Hall–Kier alpha value is -4.62. The van der Waals surface area contributed by atoms with Gasteiger partial charge in [-0.3, -0.25) is 40.5 Å². The molecule has 0 aromatic heterocycles. The van der Waals surface area contributed by atoms with Crippen molar-refractivity contribution in [1.29, 1.82) is 0 Å². The molecule has 0 unspecified atom stereocenters. The first kappa shape index (κ1) is 19.7. The van der Waals surface area contributed by atoms with Crippen LogP contribution in [0.1, 0.15) is 11.1 Å². The number of benzene rings is 2. The first-order valence-corrected chi connectivity index (χ1v) is 7.12. The Morgan fingerprint density at radius 1 is 0.607 bits per heavy atom. The number of rotatable bonds is 7. The van der Waals surface area contributed by atoms with Crippen LogP contribution >= 0.6 is 0 Å². The molecule has 0 spiro atoms. The summed E-state index contributed by atoms with van der Waals surface area (Å²) in [6, 6.07) is 5.80. The summed E-state index contributed by atoms with van der Waals surface area (Å²) in [6.45, 7) is 0. The van der Waals surface area contributed by atoms with Crippen LogP contribution in [0.25, 0.3) is 0 Å². The highest BCUT2D eigenvalue weighted by molar-refractivity contribution is 5.88. The van der Waals surface area contributed by atoms with Gasteiger partial charge in [-0.25, -0.2) is 0 Å². The maximum atomic E-state index is 11.0. The fourth-order valence-electron chi connectivity index (χ4n) is 2.02. The molecule has 14 nitrogen and oxygen atoms in total. The third-order valence-corrected chi connectivity index (χ3v) is 3.30. The average molecular weight is 388 g/mol. The lowest BCUT2D eigenvalue weighted by atomic mass is 10.2. The van der Waals surface area contributed by atoms with E-state index in [1.807, 2.05) is 0 Å². The molecule has 14 heteroatoms. The highest BCUT2D eigenvalue weighted by Crippen LogP contribution is 2.24.